The molecule has 2 amide bonds. The number of carbonyl (C=O) groups is 2. The fourth-order valence-corrected chi connectivity index (χ4v) is 3.40. The third-order valence-corrected chi connectivity index (χ3v) is 5.43. The largest absolute Gasteiger partial charge is 0.491 e. The summed E-state index contributed by atoms with van der Waals surface area (Å²) in [4.78, 5) is 23.3. The molecule has 1 unspecified atom stereocenters. The minimum absolute atomic E-state index is 0.0530. The summed E-state index contributed by atoms with van der Waals surface area (Å²) in [5.74, 6) is 1.00. The number of carbonyl (C=O) groups excluding carboxylic acids is 2. The van der Waals surface area contributed by atoms with E-state index in [1.165, 1.54) is 0 Å². The van der Waals surface area contributed by atoms with Gasteiger partial charge in [-0.1, -0.05) is 12.1 Å². The van der Waals surface area contributed by atoms with E-state index < -0.39 is 6.10 Å². The van der Waals surface area contributed by atoms with Crippen LogP contribution in [0.15, 0.2) is 53.6 Å². The highest BCUT2D eigenvalue weighted by molar-refractivity contribution is 6.04. The molecule has 0 saturated carbocycles. The standard InChI is InChI=1S/C27H36N4O5/c1-27(2,3)29-16-21(32)17-35-22-8-4-19(5-9-22)14-15-28-26(34)18-36-23-10-6-20(7-11-23)24-12-13-25(33)31-30-24/h4-11,21,29,32H,12-18H2,1-3H3,(H,28,34)(H,31,33). The van der Waals surface area contributed by atoms with Crippen LogP contribution in [0.2, 0.25) is 0 Å². The van der Waals surface area contributed by atoms with Crippen LogP contribution in [0.3, 0.4) is 0 Å². The van der Waals surface area contributed by atoms with E-state index in [2.05, 4.69) is 21.2 Å². The molecule has 2 aromatic carbocycles. The topological polar surface area (TPSA) is 121 Å². The Morgan fingerprint density at radius 3 is 2.36 bits per heavy atom. The number of nitrogens with zero attached hydrogens (tertiary/aromatic N) is 1. The van der Waals surface area contributed by atoms with E-state index >= 15 is 0 Å². The Bertz CT molecular complexity index is 1030. The molecular formula is C27H36N4O5. The summed E-state index contributed by atoms with van der Waals surface area (Å²) in [6.45, 7) is 7.24. The van der Waals surface area contributed by atoms with Gasteiger partial charge < -0.3 is 25.2 Å². The van der Waals surface area contributed by atoms with Crippen LogP contribution in [0.5, 0.6) is 11.5 Å². The quantitative estimate of drug-likeness (QED) is 0.357. The molecule has 4 N–H and O–H groups in total. The third kappa shape index (κ3) is 9.67. The number of hydrazone groups is 1. The van der Waals surface area contributed by atoms with Crippen molar-refractivity contribution in [2.24, 2.45) is 5.10 Å². The van der Waals surface area contributed by atoms with Gasteiger partial charge in [-0.05, 0) is 74.7 Å². The van der Waals surface area contributed by atoms with Gasteiger partial charge in [0.1, 0.15) is 24.2 Å². The number of hydrogen-bond acceptors (Lipinski definition) is 7. The van der Waals surface area contributed by atoms with E-state index in [4.69, 9.17) is 9.47 Å². The average molecular weight is 497 g/mol. The number of β-amino-alcohol motifs (C(OH)–C–C–N with tert-alkyl or cyclic N) is 1. The van der Waals surface area contributed by atoms with Crippen molar-refractivity contribution in [2.75, 3.05) is 26.3 Å². The molecule has 0 fully saturated rings. The Labute approximate surface area is 212 Å². The minimum atomic E-state index is -0.588. The van der Waals surface area contributed by atoms with Crippen molar-refractivity contribution >= 4 is 17.5 Å². The maximum Gasteiger partial charge on any atom is 0.257 e. The molecule has 194 valence electrons. The molecule has 9 nitrogen and oxygen atoms in total. The molecule has 2 aromatic rings. The van der Waals surface area contributed by atoms with Crippen LogP contribution in [0.25, 0.3) is 0 Å². The Balaban J connectivity index is 1.32. The van der Waals surface area contributed by atoms with Gasteiger partial charge in [0.15, 0.2) is 6.61 Å². The van der Waals surface area contributed by atoms with Crippen molar-refractivity contribution in [1.82, 2.24) is 16.1 Å². The number of hydrogen-bond donors (Lipinski definition) is 4. The zero-order valence-corrected chi connectivity index (χ0v) is 21.2. The fraction of sp³-hybridized carbons (Fsp3) is 0.444. The van der Waals surface area contributed by atoms with Crippen LogP contribution in [-0.4, -0.2) is 60.6 Å². The zero-order valence-electron chi connectivity index (χ0n) is 21.2. The van der Waals surface area contributed by atoms with Crippen molar-refractivity contribution in [3.63, 3.8) is 0 Å². The van der Waals surface area contributed by atoms with Gasteiger partial charge >= 0.3 is 0 Å². The molecule has 0 radical (unpaired) electrons. The van der Waals surface area contributed by atoms with Crippen molar-refractivity contribution in [3.8, 4) is 11.5 Å². The Morgan fingerprint density at radius 1 is 1.06 bits per heavy atom. The molecule has 1 aliphatic rings. The van der Waals surface area contributed by atoms with Gasteiger partial charge in [0.2, 0.25) is 5.91 Å². The minimum Gasteiger partial charge on any atom is -0.491 e. The van der Waals surface area contributed by atoms with Gasteiger partial charge in [0.25, 0.3) is 5.91 Å². The second kappa shape index (κ2) is 13.0. The summed E-state index contributed by atoms with van der Waals surface area (Å²) in [6, 6.07) is 14.9. The van der Waals surface area contributed by atoms with E-state index in [1.807, 2.05) is 57.2 Å². The first-order valence-electron chi connectivity index (χ1n) is 12.2. The molecule has 1 atom stereocenters. The predicted octanol–water partition coefficient (Wildman–Crippen LogP) is 2.17. The van der Waals surface area contributed by atoms with Gasteiger partial charge in [-0.25, -0.2) is 5.43 Å². The Hall–Kier alpha value is -3.43. The summed E-state index contributed by atoms with van der Waals surface area (Å²) in [5.41, 5.74) is 5.23. The van der Waals surface area contributed by atoms with Crippen LogP contribution in [-0.2, 0) is 16.0 Å². The van der Waals surface area contributed by atoms with Gasteiger partial charge in [-0.15, -0.1) is 0 Å². The van der Waals surface area contributed by atoms with Crippen molar-refractivity contribution in [3.05, 3.63) is 59.7 Å². The van der Waals surface area contributed by atoms with Crippen LogP contribution in [0.4, 0.5) is 0 Å². The van der Waals surface area contributed by atoms with Crippen LogP contribution >= 0.6 is 0 Å². The van der Waals surface area contributed by atoms with E-state index in [0.717, 1.165) is 16.8 Å². The van der Waals surface area contributed by atoms with E-state index in [0.29, 0.717) is 43.9 Å². The van der Waals surface area contributed by atoms with Gasteiger partial charge in [-0.3, -0.25) is 9.59 Å². The summed E-state index contributed by atoms with van der Waals surface area (Å²) in [7, 11) is 0. The molecule has 36 heavy (non-hydrogen) atoms. The van der Waals surface area contributed by atoms with Gasteiger partial charge in [0, 0.05) is 31.5 Å². The number of nitrogens with one attached hydrogen (secondary N) is 3. The number of aliphatic hydroxyl groups excluding tert-OH is 1. The lowest BCUT2D eigenvalue weighted by Crippen LogP contribution is -2.42. The molecule has 9 heteroatoms. The van der Waals surface area contributed by atoms with E-state index in [9.17, 15) is 14.7 Å². The van der Waals surface area contributed by atoms with Crippen molar-refractivity contribution in [1.29, 1.82) is 0 Å². The van der Waals surface area contributed by atoms with Gasteiger partial charge in [0.05, 0.1) is 5.71 Å². The summed E-state index contributed by atoms with van der Waals surface area (Å²) >= 11 is 0. The first-order valence-corrected chi connectivity index (χ1v) is 12.2. The van der Waals surface area contributed by atoms with E-state index in [-0.39, 0.29) is 30.6 Å². The van der Waals surface area contributed by atoms with Crippen molar-refractivity contribution < 1.29 is 24.2 Å². The average Bonchev–Trinajstić information content (AvgIpc) is 2.86. The molecule has 1 aliphatic heterocycles. The number of rotatable bonds is 12. The highest BCUT2D eigenvalue weighted by Gasteiger charge is 2.14. The summed E-state index contributed by atoms with van der Waals surface area (Å²) in [6.07, 6.45) is 1.12. The van der Waals surface area contributed by atoms with Crippen LogP contribution in [0.1, 0.15) is 44.7 Å². The normalized spacial score (nSPS) is 14.4. The second-order valence-electron chi connectivity index (χ2n) is 9.75. The number of benzene rings is 2. The number of aliphatic hydroxyl groups is 1. The Morgan fingerprint density at radius 2 is 1.72 bits per heavy atom. The highest BCUT2D eigenvalue weighted by atomic mass is 16.5. The third-order valence-electron chi connectivity index (χ3n) is 5.43. The lowest BCUT2D eigenvalue weighted by molar-refractivity contribution is -0.123. The molecule has 1 heterocycles. The fourth-order valence-electron chi connectivity index (χ4n) is 3.40. The molecule has 0 aromatic heterocycles. The van der Waals surface area contributed by atoms with E-state index in [1.54, 1.807) is 12.1 Å². The zero-order chi connectivity index (χ0) is 26.0. The molecule has 0 saturated heterocycles. The second-order valence-corrected chi connectivity index (χ2v) is 9.75. The first kappa shape index (κ1) is 27.2. The number of ether oxygens (including phenoxy) is 2. The lowest BCUT2D eigenvalue weighted by atomic mass is 10.0. The highest BCUT2D eigenvalue weighted by Crippen LogP contribution is 2.16. The van der Waals surface area contributed by atoms with Gasteiger partial charge in [-0.2, -0.15) is 5.10 Å². The predicted molar refractivity (Wildman–Crippen MR) is 138 cm³/mol. The molecule has 0 spiro atoms. The van der Waals surface area contributed by atoms with Crippen molar-refractivity contribution in [2.45, 2.75) is 51.7 Å². The maximum atomic E-state index is 12.1. The van der Waals surface area contributed by atoms with Crippen LogP contribution in [0, 0.1) is 0 Å². The molecule has 3 rings (SSSR count). The molecular weight excluding hydrogens is 460 g/mol. The maximum absolute atomic E-state index is 12.1. The molecule has 0 aliphatic carbocycles. The first-order chi connectivity index (χ1) is 17.2. The Kier molecular flexibility index (Phi) is 9.84. The number of amides is 2. The molecule has 0 bridgehead atoms. The van der Waals surface area contributed by atoms with Crippen LogP contribution < -0.4 is 25.5 Å². The summed E-state index contributed by atoms with van der Waals surface area (Å²) in [5, 5.41) is 20.2. The SMILES string of the molecule is CC(C)(C)NCC(O)COc1ccc(CCNC(=O)COc2ccc(C3=NNC(=O)CC3)cc2)cc1. The lowest BCUT2D eigenvalue weighted by Gasteiger charge is -2.23. The summed E-state index contributed by atoms with van der Waals surface area (Å²) < 4.78 is 11.2. The smallest absolute Gasteiger partial charge is 0.257 e. The monoisotopic (exact) mass is 496 g/mol.